The molecule has 1 N–H and O–H groups in total. The molecule has 5 nitrogen and oxygen atoms in total. The first kappa shape index (κ1) is 22.6. The highest BCUT2D eigenvalue weighted by Gasteiger charge is 2.40. The molecule has 1 aliphatic heterocycles. The number of anilines is 2. The van der Waals surface area contributed by atoms with E-state index in [1.54, 1.807) is 36.4 Å². The van der Waals surface area contributed by atoms with Crippen molar-refractivity contribution in [3.8, 4) is 6.07 Å². The number of carbonyl (C=O) groups is 2. The first-order chi connectivity index (χ1) is 16.0. The van der Waals surface area contributed by atoms with Gasteiger partial charge in [0.2, 0.25) is 5.91 Å². The van der Waals surface area contributed by atoms with Crippen LogP contribution in [-0.4, -0.2) is 17.1 Å². The summed E-state index contributed by atoms with van der Waals surface area (Å²) in [4.78, 5) is 27.7. The molecule has 2 amide bonds. The molecular formula is C25H17ClFN3O2S. The summed E-state index contributed by atoms with van der Waals surface area (Å²) in [6, 6.07) is 23.2. The van der Waals surface area contributed by atoms with Crippen molar-refractivity contribution in [3.63, 3.8) is 0 Å². The van der Waals surface area contributed by atoms with Crippen LogP contribution in [0.25, 0.3) is 0 Å². The van der Waals surface area contributed by atoms with E-state index in [0.717, 1.165) is 17.3 Å². The molecule has 1 unspecified atom stereocenters. The fourth-order valence-electron chi connectivity index (χ4n) is 3.36. The smallest absolute Gasteiger partial charge is 0.269 e. The Kier molecular flexibility index (Phi) is 6.78. The lowest BCUT2D eigenvalue weighted by atomic mass is 10.1. The van der Waals surface area contributed by atoms with E-state index in [1.165, 1.54) is 29.2 Å². The summed E-state index contributed by atoms with van der Waals surface area (Å²) in [5.41, 5.74) is 1.59. The summed E-state index contributed by atoms with van der Waals surface area (Å²) in [5, 5.41) is 12.8. The maximum atomic E-state index is 13.5. The zero-order chi connectivity index (χ0) is 23.4. The Morgan fingerprint density at radius 2 is 1.73 bits per heavy atom. The highest BCUT2D eigenvalue weighted by molar-refractivity contribution is 8.05. The van der Waals surface area contributed by atoms with Crippen LogP contribution >= 0.6 is 23.4 Å². The predicted octanol–water partition coefficient (Wildman–Crippen LogP) is 5.54. The molecule has 3 aromatic carbocycles. The SMILES string of the molecule is N#C/C(C(=O)Nc1ccccc1)=C1/SC(Cc2ccc(Cl)cc2)C(=O)N1c1ccc(F)cc1. The molecular weight excluding hydrogens is 461 g/mol. The zero-order valence-electron chi connectivity index (χ0n) is 17.2. The van der Waals surface area contributed by atoms with Crippen molar-refractivity contribution in [2.24, 2.45) is 0 Å². The van der Waals surface area contributed by atoms with E-state index in [9.17, 15) is 19.2 Å². The van der Waals surface area contributed by atoms with Crippen molar-refractivity contribution in [1.29, 1.82) is 5.26 Å². The minimum absolute atomic E-state index is 0.194. The summed E-state index contributed by atoms with van der Waals surface area (Å²) in [7, 11) is 0. The van der Waals surface area contributed by atoms with E-state index in [-0.39, 0.29) is 16.5 Å². The van der Waals surface area contributed by atoms with Crippen LogP contribution in [0.3, 0.4) is 0 Å². The number of benzene rings is 3. The third kappa shape index (κ3) is 5.08. The standard InChI is InChI=1S/C25H17ClFN3O2S/c26-17-8-6-16(7-9-17)14-22-24(32)30(20-12-10-18(27)11-13-20)25(33-22)21(15-28)23(31)29-19-4-2-1-3-5-19/h1-13,22H,14H2,(H,29,31)/b25-21-. The molecule has 0 bridgehead atoms. The number of hydrogen-bond acceptors (Lipinski definition) is 4. The van der Waals surface area contributed by atoms with Gasteiger partial charge < -0.3 is 5.32 Å². The van der Waals surface area contributed by atoms with Gasteiger partial charge in [-0.05, 0) is 60.5 Å². The van der Waals surface area contributed by atoms with Crippen LogP contribution in [0.4, 0.5) is 15.8 Å². The Hall–Kier alpha value is -3.60. The minimum Gasteiger partial charge on any atom is -0.321 e. The Morgan fingerprint density at radius 1 is 1.06 bits per heavy atom. The molecule has 0 spiro atoms. The van der Waals surface area contributed by atoms with Crippen LogP contribution in [-0.2, 0) is 16.0 Å². The molecule has 0 aliphatic carbocycles. The minimum atomic E-state index is -0.627. The van der Waals surface area contributed by atoms with Crippen LogP contribution in [0.15, 0.2) is 89.5 Å². The molecule has 1 aliphatic rings. The van der Waals surface area contributed by atoms with Gasteiger partial charge in [0.25, 0.3) is 5.91 Å². The number of thioether (sulfide) groups is 1. The summed E-state index contributed by atoms with van der Waals surface area (Å²) in [5.74, 6) is -1.38. The first-order valence-corrected chi connectivity index (χ1v) is 11.2. The van der Waals surface area contributed by atoms with Crippen LogP contribution in [0.1, 0.15) is 5.56 Å². The third-order valence-electron chi connectivity index (χ3n) is 4.96. The summed E-state index contributed by atoms with van der Waals surface area (Å²) < 4.78 is 13.5. The molecule has 8 heteroatoms. The molecule has 33 heavy (non-hydrogen) atoms. The lowest BCUT2D eigenvalue weighted by Gasteiger charge is -2.18. The number of hydrogen-bond donors (Lipinski definition) is 1. The molecule has 1 saturated heterocycles. The number of nitrogens with one attached hydrogen (secondary N) is 1. The van der Waals surface area contributed by atoms with E-state index in [1.807, 2.05) is 24.3 Å². The fourth-order valence-corrected chi connectivity index (χ4v) is 4.80. The molecule has 0 saturated carbocycles. The van der Waals surface area contributed by atoms with E-state index in [0.29, 0.717) is 22.8 Å². The second-order valence-corrected chi connectivity index (χ2v) is 8.83. The molecule has 0 aromatic heterocycles. The van der Waals surface area contributed by atoms with Gasteiger partial charge in [0.05, 0.1) is 5.25 Å². The average Bonchev–Trinajstić information content (AvgIpc) is 3.12. The highest BCUT2D eigenvalue weighted by Crippen LogP contribution is 2.42. The van der Waals surface area contributed by atoms with E-state index in [4.69, 9.17) is 11.6 Å². The number of nitrogens with zero attached hydrogens (tertiary/aromatic N) is 2. The summed E-state index contributed by atoms with van der Waals surface area (Å²) in [6.07, 6.45) is 0.376. The number of carbonyl (C=O) groups excluding carboxylic acids is 2. The Morgan fingerprint density at radius 3 is 2.36 bits per heavy atom. The molecule has 3 aromatic rings. The second kappa shape index (κ2) is 9.90. The second-order valence-electron chi connectivity index (χ2n) is 7.20. The molecule has 164 valence electrons. The molecule has 4 rings (SSSR count). The summed E-state index contributed by atoms with van der Waals surface area (Å²) >= 11 is 7.10. The largest absolute Gasteiger partial charge is 0.321 e. The first-order valence-electron chi connectivity index (χ1n) is 9.97. The Bertz CT molecular complexity index is 1260. The monoisotopic (exact) mass is 477 g/mol. The van der Waals surface area contributed by atoms with Gasteiger partial charge in [-0.3, -0.25) is 14.5 Å². The van der Waals surface area contributed by atoms with Gasteiger partial charge in [-0.1, -0.05) is 53.7 Å². The van der Waals surface area contributed by atoms with Gasteiger partial charge in [0, 0.05) is 16.4 Å². The van der Waals surface area contributed by atoms with E-state index < -0.39 is 17.0 Å². The van der Waals surface area contributed by atoms with Gasteiger partial charge in [-0.15, -0.1) is 0 Å². The maximum absolute atomic E-state index is 13.5. The van der Waals surface area contributed by atoms with E-state index in [2.05, 4.69) is 5.32 Å². The van der Waals surface area contributed by atoms with Crippen LogP contribution in [0.5, 0.6) is 0 Å². The third-order valence-corrected chi connectivity index (χ3v) is 6.47. The molecule has 0 radical (unpaired) electrons. The number of nitriles is 1. The van der Waals surface area contributed by atoms with Gasteiger partial charge >= 0.3 is 0 Å². The van der Waals surface area contributed by atoms with Crippen molar-refractivity contribution in [2.75, 3.05) is 10.2 Å². The zero-order valence-corrected chi connectivity index (χ0v) is 18.7. The molecule has 1 atom stereocenters. The van der Waals surface area contributed by atoms with Crippen molar-refractivity contribution < 1.29 is 14.0 Å². The van der Waals surface area contributed by atoms with Crippen LogP contribution < -0.4 is 10.2 Å². The Balaban J connectivity index is 1.72. The average molecular weight is 478 g/mol. The van der Waals surface area contributed by atoms with Crippen molar-refractivity contribution in [2.45, 2.75) is 11.7 Å². The van der Waals surface area contributed by atoms with Gasteiger partial charge in [-0.2, -0.15) is 5.26 Å². The topological polar surface area (TPSA) is 73.2 Å². The van der Waals surface area contributed by atoms with E-state index >= 15 is 0 Å². The number of amides is 2. The fraction of sp³-hybridized carbons (Fsp3) is 0.0800. The molecule has 1 fully saturated rings. The Labute approximate surface area is 199 Å². The normalized spacial score (nSPS) is 16.9. The van der Waals surface area contributed by atoms with Crippen molar-refractivity contribution >= 4 is 46.6 Å². The lowest BCUT2D eigenvalue weighted by Crippen LogP contribution is -2.30. The van der Waals surface area contributed by atoms with Gasteiger partial charge in [0.15, 0.2) is 0 Å². The number of halogens is 2. The van der Waals surface area contributed by atoms with Crippen LogP contribution in [0.2, 0.25) is 5.02 Å². The van der Waals surface area contributed by atoms with Crippen LogP contribution in [0, 0.1) is 17.1 Å². The lowest BCUT2D eigenvalue weighted by molar-refractivity contribution is -0.117. The maximum Gasteiger partial charge on any atom is 0.269 e. The molecule has 1 heterocycles. The quantitative estimate of drug-likeness (QED) is 0.386. The van der Waals surface area contributed by atoms with Gasteiger partial charge in [0.1, 0.15) is 22.5 Å². The highest BCUT2D eigenvalue weighted by atomic mass is 35.5. The van der Waals surface area contributed by atoms with Gasteiger partial charge in [-0.25, -0.2) is 4.39 Å². The number of rotatable bonds is 5. The van der Waals surface area contributed by atoms with Crippen molar-refractivity contribution in [3.05, 3.63) is 106 Å². The number of para-hydroxylation sites is 1. The predicted molar refractivity (Wildman–Crippen MR) is 128 cm³/mol. The van der Waals surface area contributed by atoms with Crippen molar-refractivity contribution in [1.82, 2.24) is 0 Å². The summed E-state index contributed by atoms with van der Waals surface area (Å²) in [6.45, 7) is 0.